The summed E-state index contributed by atoms with van der Waals surface area (Å²) in [6.45, 7) is 2.26. The highest BCUT2D eigenvalue weighted by Crippen LogP contribution is 2.39. The van der Waals surface area contributed by atoms with Gasteiger partial charge in [-0.2, -0.15) is 0 Å². The Labute approximate surface area is 153 Å². The third-order valence-corrected chi connectivity index (χ3v) is 5.48. The van der Waals surface area contributed by atoms with Gasteiger partial charge in [0.25, 0.3) is 0 Å². The summed E-state index contributed by atoms with van der Waals surface area (Å²) in [7, 11) is 2.14. The van der Waals surface area contributed by atoms with Gasteiger partial charge in [0.2, 0.25) is 5.69 Å². The summed E-state index contributed by atoms with van der Waals surface area (Å²) in [6, 6.07) is 28.4. The van der Waals surface area contributed by atoms with E-state index in [2.05, 4.69) is 104 Å². The standard InChI is InChI=1S/C25H20N/c1-17-19-10-5-6-12-21(19)22-13-7-8-14-23(22)24(17)25-20-11-4-3-9-18(20)15-16-26(25)2/h3-16H,1-2H3/q+1. The van der Waals surface area contributed by atoms with Gasteiger partial charge in [-0.25, -0.2) is 4.57 Å². The average molecular weight is 334 g/mol. The second-order valence-electron chi connectivity index (χ2n) is 6.95. The fourth-order valence-corrected chi connectivity index (χ4v) is 4.25. The van der Waals surface area contributed by atoms with Gasteiger partial charge in [0.05, 0.1) is 10.9 Å². The predicted molar refractivity (Wildman–Crippen MR) is 110 cm³/mol. The molecule has 0 fully saturated rings. The van der Waals surface area contributed by atoms with Crippen LogP contribution >= 0.6 is 0 Å². The van der Waals surface area contributed by atoms with Gasteiger partial charge >= 0.3 is 0 Å². The van der Waals surface area contributed by atoms with E-state index >= 15 is 0 Å². The Kier molecular flexibility index (Phi) is 3.29. The minimum Gasteiger partial charge on any atom is -0.200 e. The monoisotopic (exact) mass is 334 g/mol. The van der Waals surface area contributed by atoms with Gasteiger partial charge in [0.1, 0.15) is 7.05 Å². The van der Waals surface area contributed by atoms with E-state index in [0.29, 0.717) is 0 Å². The van der Waals surface area contributed by atoms with E-state index < -0.39 is 0 Å². The minimum atomic E-state index is 1.28. The molecule has 1 heteroatoms. The molecule has 0 saturated carbocycles. The summed E-state index contributed by atoms with van der Waals surface area (Å²) >= 11 is 0. The zero-order chi connectivity index (χ0) is 17.7. The van der Waals surface area contributed by atoms with Gasteiger partial charge in [-0.15, -0.1) is 0 Å². The second-order valence-corrected chi connectivity index (χ2v) is 6.95. The van der Waals surface area contributed by atoms with Crippen LogP contribution in [-0.4, -0.2) is 0 Å². The van der Waals surface area contributed by atoms with Crippen LogP contribution < -0.4 is 4.57 Å². The van der Waals surface area contributed by atoms with Crippen LogP contribution in [0.3, 0.4) is 0 Å². The van der Waals surface area contributed by atoms with Crippen molar-refractivity contribution in [3.05, 3.63) is 90.6 Å². The lowest BCUT2D eigenvalue weighted by molar-refractivity contribution is -0.659. The van der Waals surface area contributed by atoms with E-state index in [1.54, 1.807) is 0 Å². The summed E-state index contributed by atoms with van der Waals surface area (Å²) in [5, 5.41) is 7.85. The molecular weight excluding hydrogens is 314 g/mol. The van der Waals surface area contributed by atoms with Crippen LogP contribution in [0.5, 0.6) is 0 Å². The van der Waals surface area contributed by atoms with E-state index in [0.717, 1.165) is 0 Å². The molecule has 1 nitrogen and oxygen atoms in total. The number of nitrogens with zero attached hydrogens (tertiary/aromatic N) is 1. The average Bonchev–Trinajstić information content (AvgIpc) is 2.70. The van der Waals surface area contributed by atoms with E-state index in [4.69, 9.17) is 0 Å². The molecule has 0 aliphatic rings. The summed E-state index contributed by atoms with van der Waals surface area (Å²) in [4.78, 5) is 0. The number of hydrogen-bond acceptors (Lipinski definition) is 0. The number of pyridine rings is 1. The molecule has 0 atom stereocenters. The number of rotatable bonds is 1. The fraction of sp³-hybridized carbons (Fsp3) is 0.0800. The highest BCUT2D eigenvalue weighted by Gasteiger charge is 2.21. The SMILES string of the molecule is Cc1c(-c2c3ccccc3cc[n+]2C)c2ccccc2c2ccccc12. The minimum absolute atomic E-state index is 1.28. The molecule has 0 radical (unpaired) electrons. The van der Waals surface area contributed by atoms with Crippen molar-refractivity contribution in [3.63, 3.8) is 0 Å². The third-order valence-electron chi connectivity index (χ3n) is 5.48. The number of hydrogen-bond donors (Lipinski definition) is 0. The molecule has 4 aromatic carbocycles. The summed E-state index contributed by atoms with van der Waals surface area (Å²) in [6.07, 6.45) is 2.17. The van der Waals surface area contributed by atoms with Gasteiger partial charge in [0, 0.05) is 6.07 Å². The second kappa shape index (κ2) is 5.67. The highest BCUT2D eigenvalue weighted by atomic mass is 14.9. The predicted octanol–water partition coefficient (Wildman–Crippen LogP) is 5.95. The summed E-state index contributed by atoms with van der Waals surface area (Å²) < 4.78 is 2.26. The lowest BCUT2D eigenvalue weighted by atomic mass is 9.89. The first-order valence-electron chi connectivity index (χ1n) is 9.03. The van der Waals surface area contributed by atoms with Crippen LogP contribution in [0.4, 0.5) is 0 Å². The molecule has 0 bridgehead atoms. The lowest BCUT2D eigenvalue weighted by Crippen LogP contribution is -2.30. The van der Waals surface area contributed by atoms with Crippen molar-refractivity contribution in [1.29, 1.82) is 0 Å². The molecule has 0 unspecified atom stereocenters. The molecule has 0 spiro atoms. The quantitative estimate of drug-likeness (QED) is 0.263. The zero-order valence-corrected chi connectivity index (χ0v) is 15.0. The van der Waals surface area contributed by atoms with E-state index in [-0.39, 0.29) is 0 Å². The molecule has 0 N–H and O–H groups in total. The largest absolute Gasteiger partial charge is 0.221 e. The lowest BCUT2D eigenvalue weighted by Gasteiger charge is -2.15. The zero-order valence-electron chi connectivity index (χ0n) is 15.0. The molecule has 0 amide bonds. The maximum Gasteiger partial charge on any atom is 0.221 e. The Hall–Kier alpha value is -3.19. The van der Waals surface area contributed by atoms with Crippen LogP contribution in [0.25, 0.3) is 43.6 Å². The van der Waals surface area contributed by atoms with E-state index in [1.807, 2.05) is 0 Å². The van der Waals surface area contributed by atoms with Gasteiger partial charge in [-0.3, -0.25) is 0 Å². The highest BCUT2D eigenvalue weighted by molar-refractivity contribution is 6.17. The molecular formula is C25H20N+. The number of aryl methyl sites for hydroxylation is 2. The Morgan fingerprint density at radius 2 is 1.12 bits per heavy atom. The maximum absolute atomic E-state index is 2.26. The number of benzene rings is 4. The molecule has 0 aliphatic heterocycles. The van der Waals surface area contributed by atoms with Crippen LogP contribution in [0.15, 0.2) is 85.1 Å². The van der Waals surface area contributed by atoms with Gasteiger partial charge in [-0.1, -0.05) is 66.7 Å². The van der Waals surface area contributed by atoms with Crippen molar-refractivity contribution in [2.45, 2.75) is 6.92 Å². The summed E-state index contributed by atoms with van der Waals surface area (Å²) in [5.74, 6) is 0. The van der Waals surface area contributed by atoms with Gasteiger partial charge in [-0.05, 0) is 45.5 Å². The van der Waals surface area contributed by atoms with E-state index in [1.165, 1.54) is 49.1 Å². The maximum atomic E-state index is 2.26. The molecule has 5 rings (SSSR count). The topological polar surface area (TPSA) is 3.88 Å². The van der Waals surface area contributed by atoms with Gasteiger partial charge in [0.15, 0.2) is 6.20 Å². The van der Waals surface area contributed by atoms with Crippen molar-refractivity contribution >= 4 is 32.3 Å². The Balaban J connectivity index is 2.06. The molecule has 1 aromatic heterocycles. The molecule has 5 aromatic rings. The third kappa shape index (κ3) is 2.07. The smallest absolute Gasteiger partial charge is 0.200 e. The van der Waals surface area contributed by atoms with Crippen LogP contribution in [-0.2, 0) is 7.05 Å². The van der Waals surface area contributed by atoms with Crippen molar-refractivity contribution < 1.29 is 4.57 Å². The molecule has 1 heterocycles. The van der Waals surface area contributed by atoms with Crippen molar-refractivity contribution in [2.24, 2.45) is 7.05 Å². The molecule has 0 saturated heterocycles. The normalized spacial score (nSPS) is 11.5. The fourth-order valence-electron chi connectivity index (χ4n) is 4.25. The Morgan fingerprint density at radius 3 is 1.85 bits per heavy atom. The first-order chi connectivity index (χ1) is 12.8. The van der Waals surface area contributed by atoms with Crippen LogP contribution in [0.1, 0.15) is 5.56 Å². The summed E-state index contributed by atoms with van der Waals surface area (Å²) in [5.41, 5.74) is 3.95. The van der Waals surface area contributed by atoms with Crippen molar-refractivity contribution in [2.75, 3.05) is 0 Å². The molecule has 124 valence electrons. The number of fused-ring (bicyclic) bond motifs is 4. The number of aromatic nitrogens is 1. The first-order valence-corrected chi connectivity index (χ1v) is 9.03. The van der Waals surface area contributed by atoms with Crippen molar-refractivity contribution in [1.82, 2.24) is 0 Å². The van der Waals surface area contributed by atoms with Crippen LogP contribution in [0.2, 0.25) is 0 Å². The van der Waals surface area contributed by atoms with E-state index in [9.17, 15) is 0 Å². The Morgan fingerprint density at radius 1 is 0.577 bits per heavy atom. The first kappa shape index (κ1) is 15.1. The molecule has 26 heavy (non-hydrogen) atoms. The van der Waals surface area contributed by atoms with Crippen LogP contribution in [0, 0.1) is 6.92 Å². The van der Waals surface area contributed by atoms with Crippen molar-refractivity contribution in [3.8, 4) is 11.3 Å². The van der Waals surface area contributed by atoms with Gasteiger partial charge < -0.3 is 0 Å². The molecule has 0 aliphatic carbocycles. The Bertz CT molecular complexity index is 1300.